The van der Waals surface area contributed by atoms with Gasteiger partial charge in [0.25, 0.3) is 5.91 Å². The number of nitriles is 1. The third-order valence-corrected chi connectivity index (χ3v) is 8.54. The van der Waals surface area contributed by atoms with Crippen LogP contribution in [0.5, 0.6) is 0 Å². The van der Waals surface area contributed by atoms with Crippen LogP contribution < -0.4 is 11.1 Å². The molecular formula is C34H50N6O10. The summed E-state index contributed by atoms with van der Waals surface area (Å²) in [6, 6.07) is 3.62. The molecule has 2 amide bonds. The van der Waals surface area contributed by atoms with Crippen molar-refractivity contribution in [3.8, 4) is 6.07 Å². The summed E-state index contributed by atoms with van der Waals surface area (Å²) in [6.07, 6.45) is -0.510. The molecule has 0 spiro atoms. The van der Waals surface area contributed by atoms with Crippen molar-refractivity contribution in [2.24, 2.45) is 27.6 Å². The highest BCUT2D eigenvalue weighted by Crippen LogP contribution is 2.41. The van der Waals surface area contributed by atoms with Crippen molar-refractivity contribution >= 4 is 36.1 Å². The molecule has 2 fully saturated rings. The summed E-state index contributed by atoms with van der Waals surface area (Å²) in [5.74, 6) is -2.53. The number of aromatic amines is 1. The number of aromatic nitrogens is 1. The molecule has 2 heterocycles. The molecule has 276 valence electrons. The van der Waals surface area contributed by atoms with Gasteiger partial charge >= 0.3 is 18.0 Å². The number of methoxy groups -OCH3 is 1. The third kappa shape index (κ3) is 9.89. The van der Waals surface area contributed by atoms with Gasteiger partial charge in [0.15, 0.2) is 11.9 Å². The van der Waals surface area contributed by atoms with Crippen LogP contribution in [0.25, 0.3) is 0 Å². The number of alkyl carbamates (subject to hydrolysis) is 1. The summed E-state index contributed by atoms with van der Waals surface area (Å²) in [5.41, 5.74) is 1.33. The van der Waals surface area contributed by atoms with Crippen LogP contribution in [-0.4, -0.2) is 95.5 Å². The number of aliphatic imine (C=N–C) groups is 2. The molecule has 0 bridgehead atoms. The first-order valence-corrected chi connectivity index (χ1v) is 16.6. The highest BCUT2D eigenvalue weighted by atomic mass is 16.6. The highest BCUT2D eigenvalue weighted by Gasteiger charge is 2.59. The van der Waals surface area contributed by atoms with Crippen LogP contribution in [0.3, 0.4) is 0 Å². The van der Waals surface area contributed by atoms with E-state index in [1.807, 2.05) is 6.07 Å². The van der Waals surface area contributed by atoms with Crippen molar-refractivity contribution < 1.29 is 48.0 Å². The van der Waals surface area contributed by atoms with Gasteiger partial charge in [-0.25, -0.2) is 14.6 Å². The van der Waals surface area contributed by atoms with Crippen molar-refractivity contribution in [2.75, 3.05) is 13.7 Å². The monoisotopic (exact) mass is 702 g/mol. The number of amidine groups is 1. The van der Waals surface area contributed by atoms with Crippen molar-refractivity contribution in [2.45, 2.75) is 122 Å². The first-order valence-electron chi connectivity index (χ1n) is 16.6. The fraction of sp³-hybridized carbons (Fsp3) is 0.676. The summed E-state index contributed by atoms with van der Waals surface area (Å²) in [7, 11) is 1.35. The largest absolute Gasteiger partial charge is 0.463 e. The van der Waals surface area contributed by atoms with Crippen molar-refractivity contribution in [1.29, 1.82) is 5.26 Å². The minimum atomic E-state index is -2.19. The Labute approximate surface area is 292 Å². The lowest BCUT2D eigenvalue weighted by atomic mass is 9.92. The number of nitrogens with one attached hydrogen (secondary N) is 2. The maximum absolute atomic E-state index is 13.6. The second kappa shape index (κ2) is 16.6. The summed E-state index contributed by atoms with van der Waals surface area (Å²) in [6.45, 7) is 10.9. The predicted molar refractivity (Wildman–Crippen MR) is 180 cm³/mol. The van der Waals surface area contributed by atoms with Gasteiger partial charge in [-0.1, -0.05) is 26.7 Å². The highest BCUT2D eigenvalue weighted by molar-refractivity contribution is 6.08. The Balaban J connectivity index is 1.96. The molecule has 1 aliphatic heterocycles. The number of hydrogen-bond donors (Lipinski definition) is 4. The number of carbonyl (C=O) groups excluding carboxylic acids is 4. The van der Waals surface area contributed by atoms with E-state index in [9.17, 15) is 29.5 Å². The quantitative estimate of drug-likeness (QED) is 0.106. The number of esters is 2. The van der Waals surface area contributed by atoms with Crippen LogP contribution in [0, 0.1) is 23.2 Å². The van der Waals surface area contributed by atoms with E-state index in [2.05, 4.69) is 20.3 Å². The molecule has 1 aromatic rings. The minimum absolute atomic E-state index is 0.00556. The lowest BCUT2D eigenvalue weighted by Crippen LogP contribution is -2.50. The molecule has 1 saturated heterocycles. The third-order valence-electron chi connectivity index (χ3n) is 8.54. The Morgan fingerprint density at radius 1 is 1.20 bits per heavy atom. The molecule has 0 unspecified atom stereocenters. The van der Waals surface area contributed by atoms with Gasteiger partial charge in [-0.2, -0.15) is 10.3 Å². The van der Waals surface area contributed by atoms with Crippen molar-refractivity contribution in [1.82, 2.24) is 10.3 Å². The smallest absolute Gasteiger partial charge is 0.408 e. The number of H-pyrrole nitrogens is 1. The molecule has 1 aliphatic carbocycles. The first kappa shape index (κ1) is 40.1. The zero-order valence-corrected chi connectivity index (χ0v) is 30.0. The fourth-order valence-corrected chi connectivity index (χ4v) is 5.57. The second-order valence-electron chi connectivity index (χ2n) is 14.3. The zero-order valence-electron chi connectivity index (χ0n) is 30.0. The van der Waals surface area contributed by atoms with Gasteiger partial charge in [0, 0.05) is 13.5 Å². The number of aliphatic hydroxyl groups excluding tert-OH is 1. The molecular weight excluding hydrogens is 652 g/mol. The van der Waals surface area contributed by atoms with Gasteiger partial charge in [-0.05, 0) is 71.4 Å². The van der Waals surface area contributed by atoms with E-state index in [1.54, 1.807) is 34.6 Å². The van der Waals surface area contributed by atoms with E-state index in [-0.39, 0.29) is 29.6 Å². The maximum atomic E-state index is 13.6. The normalized spacial score (nSPS) is 23.9. The molecule has 0 aromatic carbocycles. The zero-order chi connectivity index (χ0) is 37.4. The molecule has 16 heteroatoms. The Kier molecular flexibility index (Phi) is 13.3. The molecule has 50 heavy (non-hydrogen) atoms. The Morgan fingerprint density at radius 3 is 2.42 bits per heavy atom. The topological polar surface area (TPSA) is 237 Å². The number of nitrogens with two attached hydrogens (primary N) is 1. The molecule has 0 radical (unpaired) electrons. The second-order valence-corrected chi connectivity index (χ2v) is 14.3. The van der Waals surface area contributed by atoms with Gasteiger partial charge in [0.2, 0.25) is 5.60 Å². The standard InChI is InChI=1S/C34H50N6O10/c1-19(2)25(39-31(45)50-32(3,4)5)29(43)48-26-22(16-47-24(41)15-20-11-9-10-12-20)49-34(17-35,27(26)42)23-14-13-21(38-23)28(37-18-36)40-30(44)33(6,7)46-8/h13-14,18-20,22,25-27,38,42H,9-12,15-16H2,1-8H3,(H,39,45)(H2,36,37,40,44)/t22-,25-,26-,27-,34+/m1/s1. The van der Waals surface area contributed by atoms with Gasteiger partial charge in [-0.15, -0.1) is 0 Å². The van der Waals surface area contributed by atoms with Crippen LogP contribution in [0.15, 0.2) is 22.1 Å². The number of hydrogen-bond acceptors (Lipinski definition) is 11. The van der Waals surface area contributed by atoms with E-state index in [4.69, 9.17) is 29.4 Å². The number of carbonyl (C=O) groups is 4. The summed E-state index contributed by atoms with van der Waals surface area (Å²) >= 11 is 0. The van der Waals surface area contributed by atoms with Crippen LogP contribution in [0.4, 0.5) is 4.79 Å². The minimum Gasteiger partial charge on any atom is -0.463 e. The molecule has 16 nitrogen and oxygen atoms in total. The molecule has 5 atom stereocenters. The van der Waals surface area contributed by atoms with Crippen molar-refractivity contribution in [3.05, 3.63) is 23.5 Å². The summed E-state index contributed by atoms with van der Waals surface area (Å²) in [5, 5.41) is 24.7. The number of amides is 2. The number of aliphatic hydroxyl groups is 1. The maximum Gasteiger partial charge on any atom is 0.408 e. The molecule has 3 rings (SSSR count). The van der Waals surface area contributed by atoms with Crippen LogP contribution in [-0.2, 0) is 43.7 Å². The SMILES string of the molecule is COC(C)(C)C(=O)N=C(N=CN)c1ccc([C@]2(C#N)O[C@H](COC(=O)CC3CCCC3)[C@@H](OC(=O)[C@H](NC(=O)OC(C)(C)C)C(C)C)[C@H]2O)[nH]1. The van der Waals surface area contributed by atoms with Gasteiger partial charge in [0.1, 0.15) is 42.1 Å². The Hall–Kier alpha value is -4.33. The lowest BCUT2D eigenvalue weighted by molar-refractivity contribution is -0.163. The van der Waals surface area contributed by atoms with Crippen LogP contribution in [0.1, 0.15) is 92.0 Å². The fourth-order valence-electron chi connectivity index (χ4n) is 5.57. The van der Waals surface area contributed by atoms with E-state index in [0.717, 1.165) is 32.0 Å². The van der Waals surface area contributed by atoms with E-state index in [1.165, 1.54) is 33.1 Å². The number of nitrogens with zero attached hydrogens (tertiary/aromatic N) is 3. The van der Waals surface area contributed by atoms with E-state index < -0.39 is 77.6 Å². The Morgan fingerprint density at radius 2 is 1.86 bits per heavy atom. The van der Waals surface area contributed by atoms with Gasteiger partial charge < -0.3 is 44.8 Å². The lowest BCUT2D eigenvalue weighted by Gasteiger charge is -2.28. The summed E-state index contributed by atoms with van der Waals surface area (Å²) in [4.78, 5) is 62.6. The number of ether oxygens (including phenoxy) is 5. The van der Waals surface area contributed by atoms with Crippen LogP contribution in [0.2, 0.25) is 0 Å². The van der Waals surface area contributed by atoms with Gasteiger partial charge in [0.05, 0.1) is 17.7 Å². The van der Waals surface area contributed by atoms with E-state index >= 15 is 0 Å². The first-order chi connectivity index (χ1) is 23.4. The average Bonchev–Trinajstić information content (AvgIpc) is 3.79. The molecule has 5 N–H and O–H groups in total. The van der Waals surface area contributed by atoms with Crippen LogP contribution >= 0.6 is 0 Å². The van der Waals surface area contributed by atoms with E-state index in [0.29, 0.717) is 0 Å². The Bertz CT molecular complexity index is 1480. The molecule has 1 saturated carbocycles. The average molecular weight is 703 g/mol. The molecule has 2 aliphatic rings. The predicted octanol–water partition coefficient (Wildman–Crippen LogP) is 2.76. The molecule has 1 aromatic heterocycles. The van der Waals surface area contributed by atoms with Crippen molar-refractivity contribution in [3.63, 3.8) is 0 Å². The number of rotatable bonds is 12. The summed E-state index contributed by atoms with van der Waals surface area (Å²) < 4.78 is 27.9. The van der Waals surface area contributed by atoms with Gasteiger partial charge in [-0.3, -0.25) is 9.59 Å².